The van der Waals surface area contributed by atoms with E-state index >= 15 is 0 Å². The first-order valence-electron chi connectivity index (χ1n) is 4.45. The quantitative estimate of drug-likeness (QED) is 0.698. The highest BCUT2D eigenvalue weighted by Gasteiger charge is 2.17. The Morgan fingerprint density at radius 2 is 1.93 bits per heavy atom. The Balaban J connectivity index is 2.54. The summed E-state index contributed by atoms with van der Waals surface area (Å²) in [4.78, 5) is 3.86. The molecular weight excluding hydrogens is 199 g/mol. The predicted molar refractivity (Wildman–Crippen MR) is 55.6 cm³/mol. The third-order valence-corrected chi connectivity index (χ3v) is 2.23. The Kier molecular flexibility index (Phi) is 2.45. The minimum Gasteiger partial charge on any atom is -0.493 e. The zero-order valence-electron chi connectivity index (χ0n) is 8.53. The van der Waals surface area contributed by atoms with Crippen LogP contribution in [0, 0.1) is 0 Å². The number of benzene rings is 1. The zero-order valence-corrected chi connectivity index (χ0v) is 8.53. The summed E-state index contributed by atoms with van der Waals surface area (Å²) in [7, 11) is 3.06. The molecule has 0 radical (unpaired) electrons. The smallest absolute Gasteiger partial charge is 0.162 e. The van der Waals surface area contributed by atoms with Gasteiger partial charge >= 0.3 is 0 Å². The number of halogens is 1. The first-order chi connectivity index (χ1) is 7.26. The standard InChI is InChI=1S/C10H11FN2O2/c1-14-9-3-7-5-12-6-13(11)8(7)4-10(9)15-2/h3-5H,6H2,1-2H3. The lowest BCUT2D eigenvalue weighted by atomic mass is 10.1. The van der Waals surface area contributed by atoms with Gasteiger partial charge in [0, 0.05) is 17.8 Å². The van der Waals surface area contributed by atoms with E-state index in [-0.39, 0.29) is 6.67 Å². The average Bonchev–Trinajstić information content (AvgIpc) is 2.28. The van der Waals surface area contributed by atoms with Crippen LogP contribution in [0.3, 0.4) is 0 Å². The van der Waals surface area contributed by atoms with Crippen molar-refractivity contribution >= 4 is 11.9 Å². The Morgan fingerprint density at radius 1 is 1.27 bits per heavy atom. The molecule has 0 aromatic heterocycles. The maximum atomic E-state index is 13.4. The molecule has 1 heterocycles. The van der Waals surface area contributed by atoms with E-state index in [4.69, 9.17) is 9.47 Å². The predicted octanol–water partition coefficient (Wildman–Crippen LogP) is 1.78. The molecule has 15 heavy (non-hydrogen) atoms. The maximum absolute atomic E-state index is 13.4. The molecule has 0 unspecified atom stereocenters. The second kappa shape index (κ2) is 3.76. The molecule has 0 spiro atoms. The van der Waals surface area contributed by atoms with Gasteiger partial charge < -0.3 is 9.47 Å². The molecule has 0 bridgehead atoms. The third kappa shape index (κ3) is 1.60. The number of anilines is 1. The van der Waals surface area contributed by atoms with Gasteiger partial charge in [-0.05, 0) is 6.07 Å². The summed E-state index contributed by atoms with van der Waals surface area (Å²) in [5.74, 6) is 1.08. The molecule has 0 saturated heterocycles. The lowest BCUT2D eigenvalue weighted by Gasteiger charge is -2.20. The molecule has 1 aromatic carbocycles. The molecule has 0 fully saturated rings. The molecule has 0 amide bonds. The molecule has 0 N–H and O–H groups in total. The molecule has 80 valence electrons. The van der Waals surface area contributed by atoms with Gasteiger partial charge in [-0.3, -0.25) is 4.99 Å². The van der Waals surface area contributed by atoms with Crippen LogP contribution >= 0.6 is 0 Å². The Morgan fingerprint density at radius 3 is 2.60 bits per heavy atom. The number of methoxy groups -OCH3 is 2. The van der Waals surface area contributed by atoms with Crippen molar-refractivity contribution in [2.75, 3.05) is 26.0 Å². The van der Waals surface area contributed by atoms with Gasteiger partial charge in [-0.1, -0.05) is 4.48 Å². The first-order valence-corrected chi connectivity index (χ1v) is 4.45. The third-order valence-electron chi connectivity index (χ3n) is 2.23. The highest BCUT2D eigenvalue weighted by Crippen LogP contribution is 2.35. The molecule has 4 nitrogen and oxygen atoms in total. The summed E-state index contributed by atoms with van der Waals surface area (Å²) in [6, 6.07) is 3.29. The van der Waals surface area contributed by atoms with Gasteiger partial charge in [-0.2, -0.15) is 5.12 Å². The average molecular weight is 210 g/mol. The highest BCUT2D eigenvalue weighted by molar-refractivity contribution is 5.91. The van der Waals surface area contributed by atoms with E-state index in [1.54, 1.807) is 18.3 Å². The van der Waals surface area contributed by atoms with Gasteiger partial charge in [-0.15, -0.1) is 0 Å². The van der Waals surface area contributed by atoms with Gasteiger partial charge in [0.1, 0.15) is 6.67 Å². The van der Waals surface area contributed by atoms with E-state index in [2.05, 4.69) is 4.99 Å². The largest absolute Gasteiger partial charge is 0.493 e. The number of hydrogen-bond acceptors (Lipinski definition) is 4. The van der Waals surface area contributed by atoms with Crippen LogP contribution in [0.15, 0.2) is 17.1 Å². The summed E-state index contributed by atoms with van der Waals surface area (Å²) in [5, 5.41) is 0.567. The van der Waals surface area contributed by atoms with Crippen LogP contribution < -0.4 is 14.6 Å². The molecule has 1 aliphatic heterocycles. The number of ether oxygens (including phenoxy) is 2. The minimum atomic E-state index is 0.0164. The highest BCUT2D eigenvalue weighted by atomic mass is 19.2. The lowest BCUT2D eigenvalue weighted by molar-refractivity contribution is 0.353. The number of aliphatic imine (C=N–C) groups is 1. The van der Waals surface area contributed by atoms with Crippen LogP contribution in [0.2, 0.25) is 0 Å². The molecule has 1 aliphatic rings. The van der Waals surface area contributed by atoms with Crippen LogP contribution in [0.25, 0.3) is 0 Å². The summed E-state index contributed by atoms with van der Waals surface area (Å²) >= 11 is 0. The molecule has 2 rings (SSSR count). The number of rotatable bonds is 2. The van der Waals surface area contributed by atoms with E-state index < -0.39 is 0 Å². The Labute approximate surface area is 86.9 Å². The minimum absolute atomic E-state index is 0.0164. The van der Waals surface area contributed by atoms with Crippen molar-refractivity contribution in [2.45, 2.75) is 0 Å². The Bertz CT molecular complexity index is 407. The fourth-order valence-electron chi connectivity index (χ4n) is 1.48. The van der Waals surface area contributed by atoms with E-state index in [0.29, 0.717) is 27.9 Å². The normalized spacial score (nSPS) is 13.7. The van der Waals surface area contributed by atoms with Crippen molar-refractivity contribution in [3.8, 4) is 11.5 Å². The zero-order chi connectivity index (χ0) is 10.8. The van der Waals surface area contributed by atoms with Crippen LogP contribution in [0.4, 0.5) is 10.2 Å². The van der Waals surface area contributed by atoms with Crippen LogP contribution in [-0.4, -0.2) is 27.1 Å². The fourth-order valence-corrected chi connectivity index (χ4v) is 1.48. The van der Waals surface area contributed by atoms with Gasteiger partial charge in [0.15, 0.2) is 11.5 Å². The monoisotopic (exact) mass is 210 g/mol. The molecule has 5 heteroatoms. The van der Waals surface area contributed by atoms with Gasteiger partial charge in [0.2, 0.25) is 0 Å². The van der Waals surface area contributed by atoms with Gasteiger partial charge in [0.05, 0.1) is 19.9 Å². The van der Waals surface area contributed by atoms with E-state index in [0.717, 1.165) is 0 Å². The molecule has 0 aliphatic carbocycles. The second-order valence-corrected chi connectivity index (χ2v) is 3.08. The van der Waals surface area contributed by atoms with E-state index in [1.807, 2.05) is 0 Å². The summed E-state index contributed by atoms with van der Waals surface area (Å²) in [5.41, 5.74) is 1.13. The van der Waals surface area contributed by atoms with Crippen LogP contribution in [0.1, 0.15) is 5.56 Å². The fraction of sp³-hybridized carbons (Fsp3) is 0.300. The van der Waals surface area contributed by atoms with Gasteiger partial charge in [0.25, 0.3) is 0 Å². The van der Waals surface area contributed by atoms with Crippen molar-refractivity contribution in [1.29, 1.82) is 0 Å². The van der Waals surface area contributed by atoms with Crippen LogP contribution in [-0.2, 0) is 0 Å². The Hall–Kier alpha value is -1.78. The van der Waals surface area contributed by atoms with E-state index in [1.165, 1.54) is 14.2 Å². The molecule has 0 atom stereocenters. The van der Waals surface area contributed by atoms with Crippen molar-refractivity contribution in [3.63, 3.8) is 0 Å². The van der Waals surface area contributed by atoms with Crippen molar-refractivity contribution in [2.24, 2.45) is 4.99 Å². The number of nitrogens with zero attached hydrogens (tertiary/aromatic N) is 2. The maximum Gasteiger partial charge on any atom is 0.162 e. The lowest BCUT2D eigenvalue weighted by Crippen LogP contribution is -2.17. The van der Waals surface area contributed by atoms with E-state index in [9.17, 15) is 4.48 Å². The van der Waals surface area contributed by atoms with Crippen molar-refractivity contribution in [3.05, 3.63) is 17.7 Å². The molecule has 0 saturated carbocycles. The molecular formula is C10H11FN2O2. The van der Waals surface area contributed by atoms with Gasteiger partial charge in [-0.25, -0.2) is 0 Å². The second-order valence-electron chi connectivity index (χ2n) is 3.08. The first kappa shape index (κ1) is 9.76. The summed E-state index contributed by atoms with van der Waals surface area (Å²) in [6.07, 6.45) is 1.62. The summed E-state index contributed by atoms with van der Waals surface area (Å²) in [6.45, 7) is 0.0164. The topological polar surface area (TPSA) is 34.1 Å². The molecule has 1 aromatic rings. The summed E-state index contributed by atoms with van der Waals surface area (Å²) < 4.78 is 23.5. The van der Waals surface area contributed by atoms with Crippen molar-refractivity contribution in [1.82, 2.24) is 0 Å². The number of hydrogen-bond donors (Lipinski definition) is 0. The SMILES string of the molecule is COc1cc2c(cc1OC)N(F)CN=C2. The number of fused-ring (bicyclic) bond motifs is 1. The van der Waals surface area contributed by atoms with Crippen molar-refractivity contribution < 1.29 is 14.0 Å². The van der Waals surface area contributed by atoms with Crippen LogP contribution in [0.5, 0.6) is 11.5 Å².